The van der Waals surface area contributed by atoms with Crippen LogP contribution in [0, 0.1) is 7.05 Å². The van der Waals surface area contributed by atoms with Crippen molar-refractivity contribution in [3.8, 4) is 0 Å². The second-order valence-electron chi connectivity index (χ2n) is 2.27. The highest BCUT2D eigenvalue weighted by atomic mass is 19.4. The molecule has 1 aliphatic rings. The maximum atomic E-state index is 11.8. The molecule has 2 amide bonds. The van der Waals surface area contributed by atoms with E-state index in [1.54, 1.807) is 5.32 Å². The molecule has 0 aromatic carbocycles. The molecular weight excluding hydrogens is 161 g/mol. The summed E-state index contributed by atoms with van der Waals surface area (Å²) in [5.74, 6) is 0. The maximum absolute atomic E-state index is 11.8. The number of nitrogens with zero attached hydrogens (tertiary/aromatic N) is 1. The van der Waals surface area contributed by atoms with Crippen LogP contribution in [0.15, 0.2) is 0 Å². The molecule has 1 aliphatic heterocycles. The van der Waals surface area contributed by atoms with Crippen LogP contribution in [0.5, 0.6) is 0 Å². The molecular formula is C5H6F3N2O. The summed E-state index contributed by atoms with van der Waals surface area (Å²) >= 11 is 0. The fourth-order valence-electron chi connectivity index (χ4n) is 0.775. The Bertz CT molecular complexity index is 179. The largest absolute Gasteiger partial charge is 0.410 e. The van der Waals surface area contributed by atoms with Gasteiger partial charge in [-0.25, -0.2) is 4.79 Å². The number of hydrogen-bond donors (Lipinski definition) is 1. The van der Waals surface area contributed by atoms with Gasteiger partial charge in [-0.1, -0.05) is 0 Å². The molecule has 0 bridgehead atoms. The van der Waals surface area contributed by atoms with E-state index in [4.69, 9.17) is 0 Å². The number of rotatable bonds is 0. The Morgan fingerprint density at radius 1 is 1.64 bits per heavy atom. The Kier molecular flexibility index (Phi) is 1.69. The van der Waals surface area contributed by atoms with Gasteiger partial charge in [-0.3, -0.25) is 0 Å². The lowest BCUT2D eigenvalue weighted by Gasteiger charge is -2.12. The molecule has 0 aromatic rings. The Balaban J connectivity index is 2.61. The van der Waals surface area contributed by atoms with Crippen molar-refractivity contribution in [3.63, 3.8) is 0 Å². The smallest absolute Gasteiger partial charge is 0.324 e. The average Bonchev–Trinajstić information content (AvgIpc) is 2.11. The van der Waals surface area contributed by atoms with Gasteiger partial charge in [-0.05, 0) is 0 Å². The quantitative estimate of drug-likeness (QED) is 0.566. The van der Waals surface area contributed by atoms with Gasteiger partial charge in [0, 0.05) is 7.05 Å². The predicted molar refractivity (Wildman–Crippen MR) is 30.4 cm³/mol. The second kappa shape index (κ2) is 2.28. The number of halogens is 3. The van der Waals surface area contributed by atoms with Gasteiger partial charge >= 0.3 is 12.2 Å². The first-order valence-corrected chi connectivity index (χ1v) is 2.86. The van der Waals surface area contributed by atoms with Crippen LogP contribution < -0.4 is 5.32 Å². The summed E-state index contributed by atoms with van der Waals surface area (Å²) < 4.78 is 35.5. The zero-order chi connectivity index (χ0) is 8.65. The van der Waals surface area contributed by atoms with Crippen molar-refractivity contribution in [1.82, 2.24) is 10.2 Å². The number of amides is 2. The molecule has 0 saturated carbocycles. The average molecular weight is 167 g/mol. The van der Waals surface area contributed by atoms with Gasteiger partial charge in [0.05, 0.1) is 6.54 Å². The standard InChI is InChI=1S/C5H6F3N2O/c1-10-2-3(5(6,7)8)9-4(10)11/h3H,1-2H2,(H,9,11)/t3-/m1/s1. The van der Waals surface area contributed by atoms with E-state index in [0.29, 0.717) is 0 Å². The Labute approximate surface area is 61.2 Å². The Hall–Kier alpha value is -0.940. The third kappa shape index (κ3) is 1.55. The lowest BCUT2D eigenvalue weighted by Crippen LogP contribution is -2.40. The number of hydrogen-bond acceptors (Lipinski definition) is 1. The summed E-state index contributed by atoms with van der Waals surface area (Å²) in [6.07, 6.45) is -4.37. The molecule has 11 heavy (non-hydrogen) atoms. The van der Waals surface area contributed by atoms with Crippen LogP contribution in [-0.4, -0.2) is 29.7 Å². The van der Waals surface area contributed by atoms with Crippen molar-refractivity contribution in [3.05, 3.63) is 7.05 Å². The van der Waals surface area contributed by atoms with Crippen LogP contribution in [-0.2, 0) is 0 Å². The monoisotopic (exact) mass is 167 g/mol. The molecule has 0 aliphatic carbocycles. The van der Waals surface area contributed by atoms with E-state index in [2.05, 4.69) is 7.05 Å². The molecule has 1 rings (SSSR count). The number of urea groups is 1. The highest BCUT2D eigenvalue weighted by Crippen LogP contribution is 2.23. The highest BCUT2D eigenvalue weighted by Gasteiger charge is 2.45. The van der Waals surface area contributed by atoms with Crippen molar-refractivity contribution in [2.24, 2.45) is 0 Å². The van der Waals surface area contributed by atoms with E-state index >= 15 is 0 Å². The van der Waals surface area contributed by atoms with Crippen LogP contribution in [0.4, 0.5) is 18.0 Å². The molecule has 6 heteroatoms. The van der Waals surface area contributed by atoms with E-state index in [1.807, 2.05) is 0 Å². The number of carbonyl (C=O) groups is 1. The SMILES string of the molecule is [CH2]N1C[C@H](C(F)(F)F)NC1=O. The predicted octanol–water partition coefficient (Wildman–Crippen LogP) is 0.734. The first-order valence-electron chi connectivity index (χ1n) is 2.86. The van der Waals surface area contributed by atoms with Gasteiger partial charge in [0.15, 0.2) is 0 Å². The van der Waals surface area contributed by atoms with Crippen LogP contribution in [0.2, 0.25) is 0 Å². The molecule has 3 nitrogen and oxygen atoms in total. The summed E-state index contributed by atoms with van der Waals surface area (Å²) in [5, 5.41) is 1.74. The minimum Gasteiger partial charge on any atom is -0.324 e. The van der Waals surface area contributed by atoms with E-state index in [9.17, 15) is 18.0 Å². The third-order valence-corrected chi connectivity index (χ3v) is 1.38. The maximum Gasteiger partial charge on any atom is 0.410 e. The van der Waals surface area contributed by atoms with E-state index in [0.717, 1.165) is 4.90 Å². The van der Waals surface area contributed by atoms with Gasteiger partial charge < -0.3 is 10.2 Å². The normalized spacial score (nSPS) is 25.6. The number of carbonyl (C=O) groups excluding carboxylic acids is 1. The lowest BCUT2D eigenvalue weighted by molar-refractivity contribution is -0.149. The Morgan fingerprint density at radius 3 is 2.36 bits per heavy atom. The van der Waals surface area contributed by atoms with Gasteiger partial charge in [0.1, 0.15) is 6.04 Å². The van der Waals surface area contributed by atoms with Crippen molar-refractivity contribution in [2.45, 2.75) is 12.2 Å². The van der Waals surface area contributed by atoms with E-state index < -0.39 is 24.8 Å². The molecule has 1 atom stereocenters. The minimum atomic E-state index is -4.37. The molecule has 0 aromatic heterocycles. The summed E-state index contributed by atoms with van der Waals surface area (Å²) in [5.41, 5.74) is 0. The summed E-state index contributed by atoms with van der Waals surface area (Å²) in [4.78, 5) is 11.2. The first-order chi connectivity index (χ1) is 4.91. The van der Waals surface area contributed by atoms with Crippen LogP contribution >= 0.6 is 0 Å². The summed E-state index contributed by atoms with van der Waals surface area (Å²) in [7, 11) is 3.10. The molecule has 1 saturated heterocycles. The van der Waals surface area contributed by atoms with Crippen molar-refractivity contribution in [1.29, 1.82) is 0 Å². The van der Waals surface area contributed by atoms with Gasteiger partial charge in [-0.15, -0.1) is 0 Å². The molecule has 1 N–H and O–H groups in total. The Morgan fingerprint density at radius 2 is 2.18 bits per heavy atom. The van der Waals surface area contributed by atoms with Gasteiger partial charge in [0.25, 0.3) is 0 Å². The topological polar surface area (TPSA) is 32.3 Å². The van der Waals surface area contributed by atoms with Crippen molar-refractivity contribution < 1.29 is 18.0 Å². The fourth-order valence-corrected chi connectivity index (χ4v) is 0.775. The fraction of sp³-hybridized carbons (Fsp3) is 0.600. The number of nitrogens with one attached hydrogen (secondary N) is 1. The molecule has 1 fully saturated rings. The zero-order valence-electron chi connectivity index (χ0n) is 5.48. The summed E-state index contributed by atoms with van der Waals surface area (Å²) in [6, 6.07) is -2.56. The molecule has 1 heterocycles. The van der Waals surface area contributed by atoms with Gasteiger partial charge in [-0.2, -0.15) is 13.2 Å². The summed E-state index contributed by atoms with van der Waals surface area (Å²) in [6.45, 7) is -0.414. The molecule has 0 spiro atoms. The van der Waals surface area contributed by atoms with E-state index in [1.165, 1.54) is 0 Å². The van der Waals surface area contributed by atoms with Crippen LogP contribution in [0.1, 0.15) is 0 Å². The van der Waals surface area contributed by atoms with Crippen molar-refractivity contribution >= 4 is 6.03 Å². The lowest BCUT2D eigenvalue weighted by atomic mass is 10.3. The zero-order valence-corrected chi connectivity index (χ0v) is 5.48. The third-order valence-electron chi connectivity index (χ3n) is 1.38. The molecule has 63 valence electrons. The number of alkyl halides is 3. The highest BCUT2D eigenvalue weighted by molar-refractivity contribution is 5.77. The molecule has 1 radical (unpaired) electrons. The first kappa shape index (κ1) is 8.16. The van der Waals surface area contributed by atoms with Crippen LogP contribution in [0.25, 0.3) is 0 Å². The minimum absolute atomic E-state index is 0.414. The van der Waals surface area contributed by atoms with Crippen molar-refractivity contribution in [2.75, 3.05) is 6.54 Å². The second-order valence-corrected chi connectivity index (χ2v) is 2.27. The van der Waals surface area contributed by atoms with Crippen LogP contribution in [0.3, 0.4) is 0 Å². The van der Waals surface area contributed by atoms with E-state index in [-0.39, 0.29) is 0 Å². The van der Waals surface area contributed by atoms with Gasteiger partial charge in [0.2, 0.25) is 0 Å². The molecule has 0 unspecified atom stereocenters.